The summed E-state index contributed by atoms with van der Waals surface area (Å²) in [7, 11) is -4.17. The molecule has 88 valence electrons. The van der Waals surface area contributed by atoms with Crippen molar-refractivity contribution >= 4 is 15.8 Å². The minimum atomic E-state index is -4.17. The number of hydrogen-bond donors (Lipinski definition) is 2. The first kappa shape index (κ1) is 12.6. The number of sulfone groups is 1. The van der Waals surface area contributed by atoms with E-state index in [0.717, 1.165) is 18.2 Å². The van der Waals surface area contributed by atoms with Gasteiger partial charge in [-0.25, -0.2) is 17.6 Å². The van der Waals surface area contributed by atoms with Crippen molar-refractivity contribution in [2.75, 3.05) is 0 Å². The van der Waals surface area contributed by atoms with E-state index in [9.17, 15) is 17.6 Å². The number of halogens is 1. The molecular formula is C9H10FNO4S. The predicted octanol–water partition coefficient (Wildman–Crippen LogP) is 0.277. The van der Waals surface area contributed by atoms with Crippen LogP contribution in [-0.2, 0) is 14.6 Å². The minimum absolute atomic E-state index is 0.110. The number of carboxylic acid groups (broad SMARTS) is 1. The van der Waals surface area contributed by atoms with E-state index >= 15 is 0 Å². The molecule has 0 aliphatic heterocycles. The van der Waals surface area contributed by atoms with E-state index in [4.69, 9.17) is 10.8 Å². The van der Waals surface area contributed by atoms with Gasteiger partial charge in [0.25, 0.3) is 0 Å². The summed E-state index contributed by atoms with van der Waals surface area (Å²) in [4.78, 5) is 10.2. The molecule has 0 bridgehead atoms. The molecule has 7 heteroatoms. The van der Waals surface area contributed by atoms with E-state index in [0.29, 0.717) is 0 Å². The molecule has 0 aromatic heterocycles. The van der Waals surface area contributed by atoms with Crippen LogP contribution in [0.15, 0.2) is 23.1 Å². The molecule has 0 spiro atoms. The Morgan fingerprint density at radius 2 is 2.06 bits per heavy atom. The van der Waals surface area contributed by atoms with Gasteiger partial charge in [0, 0.05) is 0 Å². The molecule has 0 fully saturated rings. The second-order valence-electron chi connectivity index (χ2n) is 3.21. The lowest BCUT2D eigenvalue weighted by Gasteiger charge is -2.09. The van der Waals surface area contributed by atoms with Gasteiger partial charge in [-0.1, -0.05) is 0 Å². The molecule has 0 amide bonds. The normalized spacial score (nSPS) is 13.4. The summed E-state index contributed by atoms with van der Waals surface area (Å²) in [6.45, 7) is 1.38. The second-order valence-corrected chi connectivity index (χ2v) is 5.28. The summed E-state index contributed by atoms with van der Waals surface area (Å²) < 4.78 is 36.1. The van der Waals surface area contributed by atoms with Gasteiger partial charge in [-0.05, 0) is 30.7 Å². The number of carbonyl (C=O) groups is 1. The van der Waals surface area contributed by atoms with Crippen molar-refractivity contribution in [2.24, 2.45) is 5.73 Å². The molecule has 0 saturated heterocycles. The summed E-state index contributed by atoms with van der Waals surface area (Å²) in [5, 5.41) is 6.48. The lowest BCUT2D eigenvalue weighted by Crippen LogP contribution is -2.38. The Bertz CT molecular complexity index is 526. The molecular weight excluding hydrogens is 237 g/mol. The fourth-order valence-electron chi connectivity index (χ4n) is 1.07. The highest BCUT2D eigenvalue weighted by atomic mass is 32.2. The molecule has 1 aromatic carbocycles. The van der Waals surface area contributed by atoms with Crippen molar-refractivity contribution < 1.29 is 22.7 Å². The maximum absolute atomic E-state index is 12.9. The van der Waals surface area contributed by atoms with Gasteiger partial charge in [-0.2, -0.15) is 0 Å². The SMILES string of the molecule is Cc1cc(S(=O)(=O)C(N)C(=O)O)ccc1F. The van der Waals surface area contributed by atoms with Gasteiger partial charge in [0.1, 0.15) is 5.82 Å². The second kappa shape index (κ2) is 4.18. The molecule has 5 nitrogen and oxygen atoms in total. The smallest absolute Gasteiger partial charge is 0.336 e. The van der Waals surface area contributed by atoms with Gasteiger partial charge in [-0.15, -0.1) is 0 Å². The quantitative estimate of drug-likeness (QED) is 0.747. The first-order valence-electron chi connectivity index (χ1n) is 4.25. The van der Waals surface area contributed by atoms with E-state index in [2.05, 4.69) is 0 Å². The average Bonchev–Trinajstić information content (AvgIpc) is 2.20. The van der Waals surface area contributed by atoms with Crippen molar-refractivity contribution in [3.05, 3.63) is 29.6 Å². The Morgan fingerprint density at radius 3 is 2.50 bits per heavy atom. The van der Waals surface area contributed by atoms with Gasteiger partial charge in [0.05, 0.1) is 4.90 Å². The topological polar surface area (TPSA) is 97.5 Å². The van der Waals surface area contributed by atoms with Crippen LogP contribution < -0.4 is 5.73 Å². The number of rotatable bonds is 3. The monoisotopic (exact) mass is 247 g/mol. The van der Waals surface area contributed by atoms with Gasteiger partial charge in [0.2, 0.25) is 15.2 Å². The van der Waals surface area contributed by atoms with Crippen LogP contribution in [0.2, 0.25) is 0 Å². The third kappa shape index (κ3) is 2.20. The third-order valence-electron chi connectivity index (χ3n) is 2.04. The maximum atomic E-state index is 12.9. The Kier molecular flexibility index (Phi) is 3.30. The lowest BCUT2D eigenvalue weighted by atomic mass is 10.2. The Labute approximate surface area is 91.6 Å². The standard InChI is InChI=1S/C9H10FNO4S/c1-5-4-6(2-3-7(5)10)16(14,15)8(11)9(12)13/h2-4,8H,11H2,1H3,(H,12,13). The third-order valence-corrected chi connectivity index (χ3v) is 3.82. The van der Waals surface area contributed by atoms with Crippen LogP contribution in [0.3, 0.4) is 0 Å². The molecule has 1 aromatic rings. The van der Waals surface area contributed by atoms with E-state index < -0.39 is 27.0 Å². The fraction of sp³-hybridized carbons (Fsp3) is 0.222. The number of nitrogens with two attached hydrogens (primary N) is 1. The highest BCUT2D eigenvalue weighted by Crippen LogP contribution is 2.17. The Hall–Kier alpha value is -1.47. The Balaban J connectivity index is 3.28. The molecule has 0 radical (unpaired) electrons. The number of aliphatic carboxylic acids is 1. The van der Waals surface area contributed by atoms with Crippen LogP contribution in [0.5, 0.6) is 0 Å². The van der Waals surface area contributed by atoms with Gasteiger partial charge in [0.15, 0.2) is 0 Å². The molecule has 0 heterocycles. The summed E-state index contributed by atoms with van der Waals surface area (Å²) in [6.07, 6.45) is 0. The molecule has 1 rings (SSSR count). The van der Waals surface area contributed by atoms with E-state index in [1.54, 1.807) is 0 Å². The van der Waals surface area contributed by atoms with Crippen molar-refractivity contribution in [1.29, 1.82) is 0 Å². The zero-order valence-electron chi connectivity index (χ0n) is 8.34. The molecule has 0 aliphatic rings. The highest BCUT2D eigenvalue weighted by molar-refractivity contribution is 7.92. The zero-order chi connectivity index (χ0) is 12.5. The largest absolute Gasteiger partial charge is 0.479 e. The van der Waals surface area contributed by atoms with Crippen LogP contribution in [0.25, 0.3) is 0 Å². The molecule has 1 unspecified atom stereocenters. The van der Waals surface area contributed by atoms with Crippen LogP contribution in [0.1, 0.15) is 5.56 Å². The number of carboxylic acids is 1. The van der Waals surface area contributed by atoms with Crippen LogP contribution in [-0.4, -0.2) is 24.9 Å². The highest BCUT2D eigenvalue weighted by Gasteiger charge is 2.30. The van der Waals surface area contributed by atoms with Gasteiger partial charge >= 0.3 is 5.97 Å². The molecule has 0 saturated carbocycles. The Morgan fingerprint density at radius 1 is 1.50 bits per heavy atom. The zero-order valence-corrected chi connectivity index (χ0v) is 9.16. The van der Waals surface area contributed by atoms with Crippen LogP contribution in [0, 0.1) is 12.7 Å². The average molecular weight is 247 g/mol. The predicted molar refractivity (Wildman–Crippen MR) is 53.9 cm³/mol. The summed E-state index contributed by atoms with van der Waals surface area (Å²) in [6, 6.07) is 2.99. The lowest BCUT2D eigenvalue weighted by molar-refractivity contribution is -0.136. The number of aryl methyl sites for hydroxylation is 1. The van der Waals surface area contributed by atoms with Crippen molar-refractivity contribution in [1.82, 2.24) is 0 Å². The first-order valence-corrected chi connectivity index (χ1v) is 5.80. The first-order chi connectivity index (χ1) is 7.26. The van der Waals surface area contributed by atoms with E-state index in [1.165, 1.54) is 6.92 Å². The van der Waals surface area contributed by atoms with E-state index in [-0.39, 0.29) is 10.5 Å². The van der Waals surface area contributed by atoms with E-state index in [1.807, 2.05) is 0 Å². The number of benzene rings is 1. The minimum Gasteiger partial charge on any atom is -0.479 e. The molecule has 0 aliphatic carbocycles. The fourth-order valence-corrected chi connectivity index (χ4v) is 2.23. The van der Waals surface area contributed by atoms with Crippen molar-refractivity contribution in [2.45, 2.75) is 17.2 Å². The van der Waals surface area contributed by atoms with Gasteiger partial charge < -0.3 is 10.8 Å². The summed E-state index contributed by atoms with van der Waals surface area (Å²) >= 11 is 0. The molecule has 1 atom stereocenters. The van der Waals surface area contributed by atoms with Gasteiger partial charge in [-0.3, -0.25) is 0 Å². The number of hydrogen-bond acceptors (Lipinski definition) is 4. The van der Waals surface area contributed by atoms with Crippen LogP contribution >= 0.6 is 0 Å². The van der Waals surface area contributed by atoms with Crippen molar-refractivity contribution in [3.63, 3.8) is 0 Å². The van der Waals surface area contributed by atoms with Crippen LogP contribution in [0.4, 0.5) is 4.39 Å². The summed E-state index contributed by atoms with van der Waals surface area (Å²) in [5.41, 5.74) is 5.14. The molecule has 3 N–H and O–H groups in total. The molecule has 16 heavy (non-hydrogen) atoms. The maximum Gasteiger partial charge on any atom is 0.336 e. The van der Waals surface area contributed by atoms with Crippen molar-refractivity contribution in [3.8, 4) is 0 Å². The summed E-state index contributed by atoms with van der Waals surface area (Å²) in [5.74, 6) is -2.22.